The smallest absolute Gasteiger partial charge is 0.321 e. The summed E-state index contributed by atoms with van der Waals surface area (Å²) in [5.41, 5.74) is 0.955. The van der Waals surface area contributed by atoms with Crippen molar-refractivity contribution in [1.82, 2.24) is 20.5 Å². The van der Waals surface area contributed by atoms with Gasteiger partial charge in [-0.25, -0.2) is 9.78 Å². The molecule has 2 heterocycles. The number of hydrogen-bond acceptors (Lipinski definition) is 5. The molecule has 0 saturated carbocycles. The second-order valence-corrected chi connectivity index (χ2v) is 7.89. The number of benzene rings is 1. The van der Waals surface area contributed by atoms with E-state index < -0.39 is 6.03 Å². The molecule has 0 spiro atoms. The van der Waals surface area contributed by atoms with E-state index >= 15 is 0 Å². The van der Waals surface area contributed by atoms with Crippen molar-refractivity contribution in [2.45, 2.75) is 25.8 Å². The largest absolute Gasteiger partial charge is 0.334 e. The first-order valence-corrected chi connectivity index (χ1v) is 10.6. The first kappa shape index (κ1) is 22.7. The highest BCUT2D eigenvalue weighted by Crippen LogP contribution is 2.19. The average Bonchev–Trinajstić information content (AvgIpc) is 2.79. The normalized spacial score (nSPS) is 16.4. The number of hydrogen-bond donors (Lipinski definition) is 3. The molecule has 1 aliphatic rings. The lowest BCUT2D eigenvalue weighted by molar-refractivity contribution is -0.121. The summed E-state index contributed by atoms with van der Waals surface area (Å²) in [6.07, 6.45) is 3.32. The Labute approximate surface area is 186 Å². The molecule has 1 aliphatic heterocycles. The molecule has 1 aromatic carbocycles. The van der Waals surface area contributed by atoms with E-state index in [1.807, 2.05) is 30.3 Å². The number of imide groups is 1. The Balaban J connectivity index is 1.37. The summed E-state index contributed by atoms with van der Waals surface area (Å²) in [5, 5.41) is 8.33. The second-order valence-electron chi connectivity index (χ2n) is 7.46. The molecule has 31 heavy (non-hydrogen) atoms. The molecule has 1 aromatic heterocycles. The Hall–Kier alpha value is -2.97. The average molecular weight is 444 g/mol. The zero-order valence-electron chi connectivity index (χ0n) is 17.1. The van der Waals surface area contributed by atoms with E-state index in [-0.39, 0.29) is 24.2 Å². The molecule has 1 unspecified atom stereocenters. The second kappa shape index (κ2) is 11.4. The number of nitrogens with zero attached hydrogens (tertiary/aromatic N) is 2. The van der Waals surface area contributed by atoms with Gasteiger partial charge in [0.25, 0.3) is 0 Å². The van der Waals surface area contributed by atoms with Crippen molar-refractivity contribution < 1.29 is 14.4 Å². The maximum Gasteiger partial charge on any atom is 0.321 e. The van der Waals surface area contributed by atoms with Crippen LogP contribution in [0.2, 0.25) is 5.02 Å². The van der Waals surface area contributed by atoms with E-state index in [1.54, 1.807) is 12.1 Å². The Bertz CT molecular complexity index is 892. The third-order valence-electron chi connectivity index (χ3n) is 5.06. The van der Waals surface area contributed by atoms with Crippen LogP contribution in [0.5, 0.6) is 0 Å². The van der Waals surface area contributed by atoms with Gasteiger partial charge in [-0.1, -0.05) is 41.9 Å². The number of aromatic nitrogens is 1. The number of nitrogens with one attached hydrogen (secondary N) is 3. The van der Waals surface area contributed by atoms with E-state index in [0.717, 1.165) is 24.9 Å². The summed E-state index contributed by atoms with van der Waals surface area (Å²) >= 11 is 5.81. The highest BCUT2D eigenvalue weighted by Gasteiger charge is 2.26. The Morgan fingerprint density at radius 2 is 1.94 bits per heavy atom. The topological polar surface area (TPSA) is 103 Å². The van der Waals surface area contributed by atoms with E-state index in [1.165, 1.54) is 6.20 Å². The van der Waals surface area contributed by atoms with Crippen molar-refractivity contribution in [3.63, 3.8) is 0 Å². The Kier molecular flexibility index (Phi) is 8.37. The van der Waals surface area contributed by atoms with Crippen molar-refractivity contribution in [3.8, 4) is 0 Å². The number of carbonyl (C=O) groups is 3. The van der Waals surface area contributed by atoms with Crippen molar-refractivity contribution in [2.75, 3.05) is 25.0 Å². The van der Waals surface area contributed by atoms with Crippen LogP contribution in [0.15, 0.2) is 48.7 Å². The van der Waals surface area contributed by atoms with Crippen molar-refractivity contribution in [2.24, 2.45) is 5.92 Å². The predicted octanol–water partition coefficient (Wildman–Crippen LogP) is 2.80. The highest BCUT2D eigenvalue weighted by molar-refractivity contribution is 6.30. The summed E-state index contributed by atoms with van der Waals surface area (Å²) in [5.74, 6) is -0.150. The van der Waals surface area contributed by atoms with Crippen molar-refractivity contribution in [3.05, 3.63) is 59.2 Å². The summed E-state index contributed by atoms with van der Waals surface area (Å²) in [4.78, 5) is 42.7. The van der Waals surface area contributed by atoms with E-state index in [2.05, 4.69) is 25.8 Å². The highest BCUT2D eigenvalue weighted by atomic mass is 35.5. The minimum absolute atomic E-state index is 0.0933. The van der Waals surface area contributed by atoms with Crippen molar-refractivity contribution >= 4 is 35.3 Å². The van der Waals surface area contributed by atoms with Crippen LogP contribution in [-0.4, -0.2) is 47.4 Å². The van der Waals surface area contributed by atoms with Gasteiger partial charge in [-0.15, -0.1) is 0 Å². The molecular weight excluding hydrogens is 418 g/mol. The molecule has 3 N–H and O–H groups in total. The third-order valence-corrected chi connectivity index (χ3v) is 5.28. The predicted molar refractivity (Wildman–Crippen MR) is 118 cm³/mol. The van der Waals surface area contributed by atoms with Crippen LogP contribution < -0.4 is 16.0 Å². The first-order chi connectivity index (χ1) is 15.0. The quantitative estimate of drug-likeness (QED) is 0.610. The van der Waals surface area contributed by atoms with Gasteiger partial charge in [0, 0.05) is 32.3 Å². The van der Waals surface area contributed by atoms with Gasteiger partial charge < -0.3 is 15.5 Å². The lowest BCUT2D eigenvalue weighted by atomic mass is 9.97. The van der Waals surface area contributed by atoms with Gasteiger partial charge in [0.15, 0.2) is 0 Å². The molecule has 3 rings (SSSR count). The van der Waals surface area contributed by atoms with Crippen LogP contribution in [0.25, 0.3) is 0 Å². The molecule has 9 heteroatoms. The third kappa shape index (κ3) is 7.66. The lowest BCUT2D eigenvalue weighted by Gasteiger charge is -2.31. The number of likely N-dealkylation sites (tertiary alicyclic amines) is 1. The fourth-order valence-corrected chi connectivity index (χ4v) is 3.53. The summed E-state index contributed by atoms with van der Waals surface area (Å²) in [7, 11) is 0. The fraction of sp³-hybridized carbons (Fsp3) is 0.364. The van der Waals surface area contributed by atoms with Gasteiger partial charge in [-0.3, -0.25) is 14.9 Å². The number of pyridine rings is 1. The van der Waals surface area contributed by atoms with Gasteiger partial charge in [0.2, 0.25) is 11.8 Å². The number of amides is 4. The number of halogens is 1. The molecule has 0 radical (unpaired) electrons. The van der Waals surface area contributed by atoms with E-state index in [0.29, 0.717) is 30.5 Å². The number of carbonyl (C=O) groups excluding carboxylic acids is 3. The molecule has 0 aliphatic carbocycles. The van der Waals surface area contributed by atoms with Gasteiger partial charge in [0.05, 0.1) is 10.9 Å². The number of piperidine rings is 1. The summed E-state index contributed by atoms with van der Waals surface area (Å²) in [6, 6.07) is 12.3. The number of rotatable bonds is 7. The van der Waals surface area contributed by atoms with E-state index in [4.69, 9.17) is 11.6 Å². The van der Waals surface area contributed by atoms with Gasteiger partial charge >= 0.3 is 6.03 Å². The lowest BCUT2D eigenvalue weighted by Crippen LogP contribution is -2.43. The van der Waals surface area contributed by atoms with Crippen molar-refractivity contribution in [1.29, 1.82) is 0 Å². The van der Waals surface area contributed by atoms with Gasteiger partial charge in [0.1, 0.15) is 5.82 Å². The van der Waals surface area contributed by atoms with Crippen LogP contribution in [0.3, 0.4) is 0 Å². The standard InChI is InChI=1S/C22H26ClN5O3/c23-18-8-9-19(24-14-18)26-21(30)17-7-4-11-28(15-17)12-10-20(29)27-22(31)25-13-16-5-2-1-3-6-16/h1-3,5-6,8-9,14,17H,4,7,10-13,15H2,(H,24,26,30)(H2,25,27,29,31). The fourth-order valence-electron chi connectivity index (χ4n) is 3.42. The SMILES string of the molecule is O=C(CCN1CCCC(C(=O)Nc2ccc(Cl)cn2)C1)NC(=O)NCc1ccccc1. The minimum atomic E-state index is -0.514. The molecule has 1 fully saturated rings. The molecule has 4 amide bonds. The van der Waals surface area contributed by atoms with Crippen LogP contribution in [0, 0.1) is 5.92 Å². The molecule has 1 saturated heterocycles. The molecule has 0 bridgehead atoms. The first-order valence-electron chi connectivity index (χ1n) is 10.3. The monoisotopic (exact) mass is 443 g/mol. The zero-order valence-corrected chi connectivity index (χ0v) is 17.9. The Morgan fingerprint density at radius 3 is 2.68 bits per heavy atom. The van der Waals surface area contributed by atoms with Crippen LogP contribution >= 0.6 is 11.6 Å². The van der Waals surface area contributed by atoms with Gasteiger partial charge in [-0.2, -0.15) is 0 Å². The van der Waals surface area contributed by atoms with Gasteiger partial charge in [-0.05, 0) is 37.1 Å². The molecule has 8 nitrogen and oxygen atoms in total. The maximum atomic E-state index is 12.5. The zero-order chi connectivity index (χ0) is 22.1. The van der Waals surface area contributed by atoms with Crippen LogP contribution in [-0.2, 0) is 16.1 Å². The van der Waals surface area contributed by atoms with Crippen LogP contribution in [0.4, 0.5) is 10.6 Å². The Morgan fingerprint density at radius 1 is 1.13 bits per heavy atom. The van der Waals surface area contributed by atoms with Crippen LogP contribution in [0.1, 0.15) is 24.8 Å². The molecule has 1 atom stereocenters. The molecule has 2 aromatic rings. The maximum absolute atomic E-state index is 12.5. The molecule has 164 valence electrons. The minimum Gasteiger partial charge on any atom is -0.334 e. The van der Waals surface area contributed by atoms with E-state index in [9.17, 15) is 14.4 Å². The molecular formula is C22H26ClN5O3. The summed E-state index contributed by atoms with van der Waals surface area (Å²) < 4.78 is 0. The number of urea groups is 1. The summed E-state index contributed by atoms with van der Waals surface area (Å²) in [6.45, 7) is 2.22. The number of anilines is 1.